The van der Waals surface area contributed by atoms with Crippen LogP contribution in [0.2, 0.25) is 0 Å². The first-order valence-electron chi connectivity index (χ1n) is 7.23. The highest BCUT2D eigenvalue weighted by Crippen LogP contribution is 2.21. The fraction of sp³-hybridized carbons (Fsp3) is 0.625. The smallest absolute Gasteiger partial charge is 0.147 e. The molecule has 0 aliphatic carbocycles. The molecule has 0 fully saturated rings. The van der Waals surface area contributed by atoms with E-state index in [-0.39, 0.29) is 11.3 Å². The van der Waals surface area contributed by atoms with Crippen LogP contribution in [0.15, 0.2) is 28.7 Å². The molecule has 3 nitrogen and oxygen atoms in total. The minimum Gasteiger partial charge on any atom is -0.312 e. The predicted molar refractivity (Wildman–Crippen MR) is 93.4 cm³/mol. The fourth-order valence-electron chi connectivity index (χ4n) is 2.08. The third-order valence-electron chi connectivity index (χ3n) is 3.28. The molecule has 0 spiro atoms. The second-order valence-electron chi connectivity index (χ2n) is 6.71. The predicted octanol–water partition coefficient (Wildman–Crippen LogP) is 3.43. The highest BCUT2D eigenvalue weighted by atomic mass is 79.9. The lowest BCUT2D eigenvalue weighted by atomic mass is 9.95. The molecule has 1 rings (SSSR count). The molecular weight excluding hydrogens is 350 g/mol. The van der Waals surface area contributed by atoms with E-state index in [1.807, 2.05) is 18.2 Å². The van der Waals surface area contributed by atoms with Gasteiger partial charge in [0, 0.05) is 16.3 Å². The second kappa shape index (κ2) is 7.75. The van der Waals surface area contributed by atoms with Crippen molar-refractivity contribution in [1.82, 2.24) is 5.32 Å². The minimum absolute atomic E-state index is 0.0389. The first-order chi connectivity index (χ1) is 9.57. The molecule has 1 unspecified atom stereocenters. The molecule has 21 heavy (non-hydrogen) atoms. The summed E-state index contributed by atoms with van der Waals surface area (Å²) in [6.45, 7) is 7.19. The van der Waals surface area contributed by atoms with Gasteiger partial charge in [-0.05, 0) is 57.7 Å². The van der Waals surface area contributed by atoms with Crippen LogP contribution in [0.25, 0.3) is 0 Å². The van der Waals surface area contributed by atoms with E-state index in [1.165, 1.54) is 11.8 Å². The van der Waals surface area contributed by atoms with Crippen LogP contribution in [0.3, 0.4) is 0 Å². The number of hydrogen-bond donors (Lipinski definition) is 1. The van der Waals surface area contributed by atoms with Gasteiger partial charge >= 0.3 is 0 Å². The zero-order valence-corrected chi connectivity index (χ0v) is 15.7. The van der Waals surface area contributed by atoms with Gasteiger partial charge in [-0.15, -0.1) is 0 Å². The molecule has 0 saturated carbocycles. The van der Waals surface area contributed by atoms with Crippen molar-refractivity contribution in [3.05, 3.63) is 34.3 Å². The molecule has 0 aliphatic heterocycles. The average molecular weight is 376 g/mol. The van der Waals surface area contributed by atoms with Crippen molar-refractivity contribution in [1.29, 1.82) is 0 Å². The molecule has 0 saturated heterocycles. The zero-order valence-electron chi connectivity index (χ0n) is 13.3. The van der Waals surface area contributed by atoms with E-state index in [9.17, 15) is 8.42 Å². The maximum Gasteiger partial charge on any atom is 0.147 e. The fourth-order valence-corrected chi connectivity index (χ4v) is 3.29. The van der Waals surface area contributed by atoms with Crippen LogP contribution >= 0.6 is 15.9 Å². The maximum atomic E-state index is 11.4. The van der Waals surface area contributed by atoms with Crippen LogP contribution in [0.4, 0.5) is 0 Å². The standard InChI is InChI=1S/C16H26BrNO2S/c1-16(2,3)18-12-13(9-10-21(4,19)20)11-14-7-5-6-8-15(14)17/h5-8,13,18H,9-12H2,1-4H3. The van der Waals surface area contributed by atoms with Gasteiger partial charge in [0.05, 0.1) is 5.75 Å². The van der Waals surface area contributed by atoms with Crippen molar-refractivity contribution in [3.8, 4) is 0 Å². The van der Waals surface area contributed by atoms with E-state index >= 15 is 0 Å². The molecule has 0 aromatic heterocycles. The van der Waals surface area contributed by atoms with E-state index in [0.29, 0.717) is 12.3 Å². The summed E-state index contributed by atoms with van der Waals surface area (Å²) in [4.78, 5) is 0. The average Bonchev–Trinajstić information content (AvgIpc) is 2.33. The van der Waals surface area contributed by atoms with Crippen LogP contribution in [-0.2, 0) is 16.3 Å². The highest BCUT2D eigenvalue weighted by Gasteiger charge is 2.17. The minimum atomic E-state index is -2.91. The van der Waals surface area contributed by atoms with Crippen molar-refractivity contribution in [2.24, 2.45) is 5.92 Å². The molecule has 1 N–H and O–H groups in total. The molecule has 1 aromatic carbocycles. The van der Waals surface area contributed by atoms with Crippen molar-refractivity contribution in [2.75, 3.05) is 18.6 Å². The SMILES string of the molecule is CC(C)(C)NCC(CCS(C)(=O)=O)Cc1ccccc1Br. The van der Waals surface area contributed by atoms with Crippen molar-refractivity contribution >= 4 is 25.8 Å². The molecule has 1 atom stereocenters. The summed E-state index contributed by atoms with van der Waals surface area (Å²) in [5.74, 6) is 0.547. The Morgan fingerprint density at radius 1 is 1.24 bits per heavy atom. The van der Waals surface area contributed by atoms with Gasteiger partial charge in [-0.3, -0.25) is 0 Å². The summed E-state index contributed by atoms with van der Waals surface area (Å²) in [5.41, 5.74) is 1.27. The Hall–Kier alpha value is -0.390. The molecule has 0 bridgehead atoms. The van der Waals surface area contributed by atoms with E-state index in [0.717, 1.165) is 17.4 Å². The van der Waals surface area contributed by atoms with Crippen molar-refractivity contribution < 1.29 is 8.42 Å². The van der Waals surface area contributed by atoms with Gasteiger partial charge in [0.2, 0.25) is 0 Å². The Kier molecular flexibility index (Phi) is 6.88. The van der Waals surface area contributed by atoms with Gasteiger partial charge in [-0.2, -0.15) is 0 Å². The molecule has 5 heteroatoms. The molecule has 0 radical (unpaired) electrons. The summed E-state index contributed by atoms with van der Waals surface area (Å²) in [7, 11) is -2.91. The van der Waals surface area contributed by atoms with Crippen LogP contribution < -0.4 is 5.32 Å². The lowest BCUT2D eigenvalue weighted by Crippen LogP contribution is -2.40. The van der Waals surface area contributed by atoms with Gasteiger partial charge in [0.1, 0.15) is 9.84 Å². The number of benzene rings is 1. The summed E-state index contributed by atoms with van der Waals surface area (Å²) in [6, 6.07) is 8.13. The van der Waals surface area contributed by atoms with Crippen LogP contribution in [0, 0.1) is 5.92 Å². The normalized spacial score (nSPS) is 14.1. The zero-order chi connectivity index (χ0) is 16.1. The van der Waals surface area contributed by atoms with Gasteiger partial charge in [-0.1, -0.05) is 34.1 Å². The molecule has 1 aromatic rings. The topological polar surface area (TPSA) is 46.2 Å². The number of hydrogen-bond acceptors (Lipinski definition) is 3. The summed E-state index contributed by atoms with van der Waals surface area (Å²) < 4.78 is 23.9. The Bertz CT molecular complexity index is 550. The summed E-state index contributed by atoms with van der Waals surface area (Å²) in [5, 5.41) is 3.49. The Balaban J connectivity index is 2.73. The number of nitrogens with one attached hydrogen (secondary N) is 1. The third kappa shape index (κ3) is 8.59. The monoisotopic (exact) mass is 375 g/mol. The van der Waals surface area contributed by atoms with Crippen molar-refractivity contribution in [2.45, 2.75) is 39.2 Å². The van der Waals surface area contributed by atoms with Crippen LogP contribution in [-0.4, -0.2) is 32.5 Å². The lowest BCUT2D eigenvalue weighted by Gasteiger charge is -2.25. The van der Waals surface area contributed by atoms with E-state index in [4.69, 9.17) is 0 Å². The maximum absolute atomic E-state index is 11.4. The van der Waals surface area contributed by atoms with Gasteiger partial charge < -0.3 is 5.32 Å². The van der Waals surface area contributed by atoms with Gasteiger partial charge in [-0.25, -0.2) is 8.42 Å². The highest BCUT2D eigenvalue weighted by molar-refractivity contribution is 9.10. The first-order valence-corrected chi connectivity index (χ1v) is 10.1. The largest absolute Gasteiger partial charge is 0.312 e. The van der Waals surface area contributed by atoms with Gasteiger partial charge in [0.25, 0.3) is 0 Å². The lowest BCUT2D eigenvalue weighted by molar-refractivity contribution is 0.363. The first kappa shape index (κ1) is 18.7. The summed E-state index contributed by atoms with van der Waals surface area (Å²) >= 11 is 3.57. The Morgan fingerprint density at radius 3 is 2.38 bits per heavy atom. The second-order valence-corrected chi connectivity index (χ2v) is 9.83. The Labute approximate surface area is 137 Å². The van der Waals surface area contributed by atoms with E-state index < -0.39 is 9.84 Å². The molecular formula is C16H26BrNO2S. The summed E-state index contributed by atoms with van der Waals surface area (Å²) in [6.07, 6.45) is 2.86. The molecule has 0 aliphatic rings. The number of sulfone groups is 1. The van der Waals surface area contributed by atoms with E-state index in [2.05, 4.69) is 48.1 Å². The third-order valence-corrected chi connectivity index (χ3v) is 5.04. The molecule has 0 amide bonds. The van der Waals surface area contributed by atoms with Crippen molar-refractivity contribution in [3.63, 3.8) is 0 Å². The number of halogens is 1. The quantitative estimate of drug-likeness (QED) is 0.793. The Morgan fingerprint density at radius 2 is 1.86 bits per heavy atom. The van der Waals surface area contributed by atoms with Crippen LogP contribution in [0.1, 0.15) is 32.8 Å². The number of rotatable bonds is 7. The molecule has 0 heterocycles. The van der Waals surface area contributed by atoms with Crippen LogP contribution in [0.5, 0.6) is 0 Å². The van der Waals surface area contributed by atoms with Gasteiger partial charge in [0.15, 0.2) is 0 Å². The molecule has 120 valence electrons. The van der Waals surface area contributed by atoms with E-state index in [1.54, 1.807) is 0 Å².